The summed E-state index contributed by atoms with van der Waals surface area (Å²) in [6, 6.07) is 14.5. The van der Waals surface area contributed by atoms with Gasteiger partial charge in [-0.1, -0.05) is 41.6 Å². The molecule has 0 aromatic heterocycles. The minimum absolute atomic E-state index is 0. The number of rotatable bonds is 7. The summed E-state index contributed by atoms with van der Waals surface area (Å²) < 4.78 is 26.5. The van der Waals surface area contributed by atoms with Crippen LogP contribution in [0.1, 0.15) is 12.8 Å². The highest BCUT2D eigenvalue weighted by molar-refractivity contribution is 7.99. The van der Waals surface area contributed by atoms with Gasteiger partial charge in [0.1, 0.15) is 0 Å². The maximum absolute atomic E-state index is 13.3. The van der Waals surface area contributed by atoms with E-state index < -0.39 is 15.1 Å². The number of likely N-dealkylation sites (tertiary alicyclic amines) is 1. The van der Waals surface area contributed by atoms with Crippen LogP contribution >= 0.6 is 35.8 Å². The SMILES string of the molecule is CN(C)CCNC(=O)N1CCCC(S(=O)(=O)c2ccc(Sc3ccccc3)c(Cl)c2)C1.Cl. The zero-order chi connectivity index (χ0) is 22.4. The number of nitrogens with zero attached hydrogens (tertiary/aromatic N) is 2. The lowest BCUT2D eigenvalue weighted by Gasteiger charge is -2.32. The third-order valence-corrected chi connectivity index (χ3v) is 8.82. The lowest BCUT2D eigenvalue weighted by atomic mass is 10.1. The molecule has 176 valence electrons. The average molecular weight is 519 g/mol. The fourth-order valence-corrected chi connectivity index (χ4v) is 6.40. The van der Waals surface area contributed by atoms with Crippen molar-refractivity contribution < 1.29 is 13.2 Å². The summed E-state index contributed by atoms with van der Waals surface area (Å²) in [5, 5.41) is 2.63. The number of hydrogen-bond donors (Lipinski definition) is 1. The summed E-state index contributed by atoms with van der Waals surface area (Å²) in [4.78, 5) is 18.1. The average Bonchev–Trinajstić information content (AvgIpc) is 2.75. The molecule has 6 nitrogen and oxygen atoms in total. The third-order valence-electron chi connectivity index (χ3n) is 5.14. The Morgan fingerprint density at radius 3 is 2.59 bits per heavy atom. The van der Waals surface area contributed by atoms with Crippen LogP contribution in [0.3, 0.4) is 0 Å². The molecule has 3 rings (SSSR count). The lowest BCUT2D eigenvalue weighted by Crippen LogP contribution is -2.49. The number of urea groups is 1. The smallest absolute Gasteiger partial charge is 0.317 e. The highest BCUT2D eigenvalue weighted by Crippen LogP contribution is 2.35. The number of amides is 2. The molecule has 0 saturated carbocycles. The van der Waals surface area contributed by atoms with Crippen molar-refractivity contribution in [1.29, 1.82) is 0 Å². The first-order chi connectivity index (χ1) is 14.8. The first-order valence-corrected chi connectivity index (χ1v) is 13.0. The number of likely N-dealkylation sites (N-methyl/N-ethyl adjacent to an activating group) is 1. The molecule has 2 aromatic carbocycles. The van der Waals surface area contributed by atoms with E-state index in [4.69, 9.17) is 11.6 Å². The monoisotopic (exact) mass is 517 g/mol. The molecule has 1 fully saturated rings. The molecule has 1 aliphatic rings. The highest BCUT2D eigenvalue weighted by Gasteiger charge is 2.34. The van der Waals surface area contributed by atoms with Gasteiger partial charge in [0.2, 0.25) is 0 Å². The van der Waals surface area contributed by atoms with E-state index >= 15 is 0 Å². The second kappa shape index (κ2) is 12.1. The Kier molecular flexibility index (Phi) is 10.2. The first kappa shape index (κ1) is 26.8. The molecule has 0 aliphatic carbocycles. The number of carbonyl (C=O) groups excluding carboxylic acids is 1. The quantitative estimate of drug-likeness (QED) is 0.588. The molecule has 0 bridgehead atoms. The van der Waals surface area contributed by atoms with E-state index in [1.807, 2.05) is 49.3 Å². The minimum atomic E-state index is -3.60. The van der Waals surface area contributed by atoms with Gasteiger partial charge >= 0.3 is 6.03 Å². The predicted molar refractivity (Wildman–Crippen MR) is 133 cm³/mol. The van der Waals surface area contributed by atoms with E-state index in [1.165, 1.54) is 17.8 Å². The van der Waals surface area contributed by atoms with Crippen molar-refractivity contribution in [1.82, 2.24) is 15.1 Å². The molecule has 1 atom stereocenters. The Morgan fingerprint density at radius 1 is 1.22 bits per heavy atom. The van der Waals surface area contributed by atoms with E-state index in [0.717, 1.165) is 16.3 Å². The number of piperidine rings is 1. The molecule has 1 saturated heterocycles. The molecule has 32 heavy (non-hydrogen) atoms. The summed E-state index contributed by atoms with van der Waals surface area (Å²) in [6.45, 7) is 2.00. The van der Waals surface area contributed by atoms with Crippen LogP contribution in [-0.4, -0.2) is 69.8 Å². The first-order valence-electron chi connectivity index (χ1n) is 10.2. The number of carbonyl (C=O) groups is 1. The Labute approximate surface area is 206 Å². The molecule has 1 aliphatic heterocycles. The number of sulfone groups is 1. The molecule has 2 aromatic rings. The van der Waals surface area contributed by atoms with Gasteiger partial charge in [-0.25, -0.2) is 13.2 Å². The Morgan fingerprint density at radius 2 is 1.94 bits per heavy atom. The summed E-state index contributed by atoms with van der Waals surface area (Å²) in [5.74, 6) is 0. The van der Waals surface area contributed by atoms with E-state index in [2.05, 4.69) is 5.32 Å². The number of hydrogen-bond acceptors (Lipinski definition) is 5. The summed E-state index contributed by atoms with van der Waals surface area (Å²) in [5.41, 5.74) is 0. The van der Waals surface area contributed by atoms with Gasteiger partial charge in [0, 0.05) is 36.0 Å². The van der Waals surface area contributed by atoms with Crippen molar-refractivity contribution >= 4 is 51.6 Å². The van der Waals surface area contributed by atoms with Crippen molar-refractivity contribution in [2.75, 3.05) is 40.3 Å². The molecule has 0 radical (unpaired) electrons. The van der Waals surface area contributed by atoms with Crippen LogP contribution in [0.2, 0.25) is 5.02 Å². The molecule has 2 amide bonds. The van der Waals surface area contributed by atoms with E-state index in [1.54, 1.807) is 17.0 Å². The number of benzene rings is 2. The fraction of sp³-hybridized carbons (Fsp3) is 0.409. The largest absolute Gasteiger partial charge is 0.337 e. The van der Waals surface area contributed by atoms with Gasteiger partial charge in [-0.3, -0.25) is 0 Å². The van der Waals surface area contributed by atoms with E-state index in [0.29, 0.717) is 31.0 Å². The molecular formula is C22H29Cl2N3O3S2. The summed E-state index contributed by atoms with van der Waals surface area (Å²) in [6.07, 6.45) is 1.18. The van der Waals surface area contributed by atoms with E-state index in [-0.39, 0.29) is 29.9 Å². The topological polar surface area (TPSA) is 69.7 Å². The lowest BCUT2D eigenvalue weighted by molar-refractivity contribution is 0.186. The van der Waals surface area contributed by atoms with Crippen molar-refractivity contribution in [3.05, 3.63) is 53.6 Å². The zero-order valence-corrected chi connectivity index (χ0v) is 21.4. The summed E-state index contributed by atoms with van der Waals surface area (Å²) in [7, 11) is 0.272. The maximum atomic E-state index is 13.3. The van der Waals surface area contributed by atoms with Crippen LogP contribution < -0.4 is 5.32 Å². The van der Waals surface area contributed by atoms with Crippen molar-refractivity contribution in [2.45, 2.75) is 32.8 Å². The van der Waals surface area contributed by atoms with Gasteiger partial charge in [0.15, 0.2) is 9.84 Å². The Bertz CT molecular complexity index is 1000. The van der Waals surface area contributed by atoms with Gasteiger partial charge in [0.05, 0.1) is 15.2 Å². The van der Waals surface area contributed by atoms with Crippen LogP contribution in [0, 0.1) is 0 Å². The molecule has 0 spiro atoms. The third kappa shape index (κ3) is 7.02. The van der Waals surface area contributed by atoms with Crippen molar-refractivity contribution in [2.24, 2.45) is 0 Å². The van der Waals surface area contributed by atoms with Gasteiger partial charge in [-0.05, 0) is 57.3 Å². The van der Waals surface area contributed by atoms with Crippen molar-refractivity contribution in [3.8, 4) is 0 Å². The van der Waals surface area contributed by atoms with Crippen LogP contribution in [0.5, 0.6) is 0 Å². The number of nitrogens with one attached hydrogen (secondary N) is 1. The zero-order valence-electron chi connectivity index (χ0n) is 18.2. The second-order valence-corrected chi connectivity index (χ2v) is 11.5. The van der Waals surface area contributed by atoms with Gasteiger partial charge in [-0.2, -0.15) is 0 Å². The molecular weight excluding hydrogens is 489 g/mol. The predicted octanol–water partition coefficient (Wildman–Crippen LogP) is 4.42. The van der Waals surface area contributed by atoms with Crippen molar-refractivity contribution in [3.63, 3.8) is 0 Å². The Balaban J connectivity index is 0.00000363. The standard InChI is InChI=1S/C22H28ClN3O3S2.ClH/c1-25(2)14-12-24-22(27)26-13-6-9-19(16-26)31(28,29)18-10-11-21(20(23)15-18)30-17-7-4-3-5-8-17;/h3-5,7-8,10-11,15,19H,6,9,12-14,16H2,1-2H3,(H,24,27);1H. The van der Waals surface area contributed by atoms with E-state index in [9.17, 15) is 13.2 Å². The minimum Gasteiger partial charge on any atom is -0.337 e. The van der Waals surface area contributed by atoms with Crippen LogP contribution in [0.4, 0.5) is 4.79 Å². The van der Waals surface area contributed by atoms with Crippen LogP contribution in [-0.2, 0) is 9.84 Å². The highest BCUT2D eigenvalue weighted by atomic mass is 35.5. The maximum Gasteiger partial charge on any atom is 0.317 e. The number of halogens is 2. The molecule has 1 heterocycles. The van der Waals surface area contributed by atoms with Crippen LogP contribution in [0.25, 0.3) is 0 Å². The molecule has 10 heteroatoms. The van der Waals surface area contributed by atoms with Gasteiger partial charge in [-0.15, -0.1) is 12.4 Å². The Hall–Kier alpha value is -1.45. The van der Waals surface area contributed by atoms with Gasteiger partial charge in [0.25, 0.3) is 0 Å². The van der Waals surface area contributed by atoms with Gasteiger partial charge < -0.3 is 15.1 Å². The normalized spacial score (nSPS) is 16.5. The molecule has 1 N–H and O–H groups in total. The fourth-order valence-electron chi connectivity index (χ4n) is 3.42. The molecule has 1 unspecified atom stereocenters. The summed E-state index contributed by atoms with van der Waals surface area (Å²) >= 11 is 7.91. The second-order valence-electron chi connectivity index (χ2n) is 7.80. The van der Waals surface area contributed by atoms with Crippen LogP contribution in [0.15, 0.2) is 63.2 Å².